The largest absolute Gasteiger partial charge is 0.377 e. The maximum Gasteiger partial charge on any atom is 0.0737 e. The Balaban J connectivity index is 1.58. The van der Waals surface area contributed by atoms with Gasteiger partial charge >= 0.3 is 0 Å². The van der Waals surface area contributed by atoms with E-state index in [1.165, 1.54) is 0 Å². The quantitative estimate of drug-likeness (QED) is 0.299. The molecule has 0 saturated heterocycles. The van der Waals surface area contributed by atoms with Crippen molar-refractivity contribution in [3.63, 3.8) is 0 Å². The van der Waals surface area contributed by atoms with Crippen molar-refractivity contribution < 1.29 is 0 Å². The number of nitrogens with one attached hydrogen (secondary N) is 2. The molecule has 0 aliphatic carbocycles. The first-order valence-electron chi connectivity index (χ1n) is 12.9. The highest BCUT2D eigenvalue weighted by Crippen LogP contribution is 2.33. The van der Waals surface area contributed by atoms with Gasteiger partial charge in [-0.1, -0.05) is 12.2 Å². The van der Waals surface area contributed by atoms with Crippen molar-refractivity contribution in [3.8, 4) is 0 Å². The number of hydrogen-bond acceptors (Lipinski definition) is 4. The second kappa shape index (κ2) is 8.92. The van der Waals surface area contributed by atoms with Crippen LogP contribution < -0.4 is 0 Å². The Bertz CT molecular complexity index is 1800. The van der Waals surface area contributed by atoms with Crippen molar-refractivity contribution in [1.29, 1.82) is 0 Å². The molecule has 7 heterocycles. The number of fused-ring (bicyclic) bond motifs is 8. The molecule has 0 atom stereocenters. The van der Waals surface area contributed by atoms with E-state index < -0.39 is 0 Å². The van der Waals surface area contributed by atoms with E-state index in [1.807, 2.05) is 0 Å². The first kappa shape index (κ1) is 22.4. The monoisotopic (exact) mass is 496 g/mol. The number of H-pyrrole nitrogens is 2. The fourth-order valence-corrected chi connectivity index (χ4v) is 5.20. The SMILES string of the molecule is CN1C=CC(c2c3nc(cc4ccc(cc5ccc([nH]5)c(C5=CCN(C)C=C5)c5nc2C=C5)[nH]4)C=C3)=CC1. The standard InChI is InChI=1S/C32H28N6/c1-37-15-11-21(12-16-37)31-27-7-5-25(34-27)19-23-3-4-24(33-23)20-26-6-8-28(35-26)32(30-10-9-29(31)36-30)22-13-17-38(2)18-14-22/h3-15,17,19-20,33-34H,16,18H2,1-2H3. The summed E-state index contributed by atoms with van der Waals surface area (Å²) in [7, 11) is 4.16. The van der Waals surface area contributed by atoms with Crippen molar-refractivity contribution >= 4 is 57.5 Å². The van der Waals surface area contributed by atoms with Crippen LogP contribution in [0, 0.1) is 0 Å². The Kier molecular flexibility index (Phi) is 5.25. The number of allylic oxidation sites excluding steroid dienone is 4. The molecule has 4 aliphatic rings. The number of aromatic nitrogens is 4. The Labute approximate surface area is 221 Å². The third kappa shape index (κ3) is 4.10. The van der Waals surface area contributed by atoms with E-state index in [1.54, 1.807) is 0 Å². The third-order valence-corrected chi connectivity index (χ3v) is 7.19. The van der Waals surface area contributed by atoms with Crippen LogP contribution >= 0.6 is 0 Å². The van der Waals surface area contributed by atoms with E-state index in [0.29, 0.717) is 0 Å². The normalized spacial score (nSPS) is 16.3. The molecule has 0 fully saturated rings. The summed E-state index contributed by atoms with van der Waals surface area (Å²) in [5.41, 5.74) is 12.3. The molecule has 7 rings (SSSR count). The van der Waals surface area contributed by atoms with Crippen molar-refractivity contribution in [2.45, 2.75) is 0 Å². The van der Waals surface area contributed by atoms with E-state index in [9.17, 15) is 0 Å². The highest BCUT2D eigenvalue weighted by atomic mass is 15.1. The zero-order chi connectivity index (χ0) is 25.6. The minimum atomic E-state index is 0.845. The molecule has 2 N–H and O–H groups in total. The highest BCUT2D eigenvalue weighted by molar-refractivity contribution is 5.94. The van der Waals surface area contributed by atoms with E-state index in [-0.39, 0.29) is 0 Å². The Morgan fingerprint density at radius 1 is 0.605 bits per heavy atom. The molecular formula is C32H28N6. The number of hydrogen-bond donors (Lipinski definition) is 2. The van der Waals surface area contributed by atoms with Crippen LogP contribution in [0.2, 0.25) is 0 Å². The molecule has 0 radical (unpaired) electrons. The Hall–Kier alpha value is -4.84. The number of nitrogens with zero attached hydrogens (tertiary/aromatic N) is 4. The lowest BCUT2D eigenvalue weighted by Gasteiger charge is -2.18. The summed E-state index contributed by atoms with van der Waals surface area (Å²) in [6.45, 7) is 1.70. The molecule has 0 aromatic carbocycles. The summed E-state index contributed by atoms with van der Waals surface area (Å²) in [5, 5.41) is 0. The van der Waals surface area contributed by atoms with Crippen LogP contribution in [0.4, 0.5) is 0 Å². The summed E-state index contributed by atoms with van der Waals surface area (Å²) in [6, 6.07) is 12.7. The zero-order valence-corrected chi connectivity index (χ0v) is 21.4. The van der Waals surface area contributed by atoms with Gasteiger partial charge in [-0.05, 0) is 96.4 Å². The number of likely N-dealkylation sites (N-methyl/N-ethyl adjacent to an activating group) is 2. The molecule has 3 aromatic rings. The van der Waals surface area contributed by atoms with Gasteiger partial charge in [-0.3, -0.25) is 0 Å². The molecule has 0 unspecified atom stereocenters. The minimum absolute atomic E-state index is 0.845. The van der Waals surface area contributed by atoms with Gasteiger partial charge in [-0.2, -0.15) is 0 Å². The fraction of sp³-hybridized carbons (Fsp3) is 0.125. The van der Waals surface area contributed by atoms with Gasteiger partial charge in [-0.15, -0.1) is 0 Å². The second-order valence-electron chi connectivity index (χ2n) is 10.0. The molecule has 8 bridgehead atoms. The van der Waals surface area contributed by atoms with Crippen LogP contribution in [0.1, 0.15) is 33.9 Å². The minimum Gasteiger partial charge on any atom is -0.377 e. The fourth-order valence-electron chi connectivity index (χ4n) is 5.20. The molecular weight excluding hydrogens is 468 g/mol. The van der Waals surface area contributed by atoms with Crippen molar-refractivity contribution in [2.24, 2.45) is 0 Å². The van der Waals surface area contributed by atoms with Gasteiger partial charge in [0, 0.05) is 60.4 Å². The summed E-state index contributed by atoms with van der Waals surface area (Å²) in [5.74, 6) is 0. The summed E-state index contributed by atoms with van der Waals surface area (Å²) in [4.78, 5) is 21.7. The highest BCUT2D eigenvalue weighted by Gasteiger charge is 2.19. The number of aromatic amines is 2. The summed E-state index contributed by atoms with van der Waals surface area (Å²) in [6.07, 6.45) is 21.5. The number of rotatable bonds is 2. The lowest BCUT2D eigenvalue weighted by Crippen LogP contribution is -2.13. The molecule has 186 valence electrons. The molecule has 0 spiro atoms. The van der Waals surface area contributed by atoms with Gasteiger partial charge in [0.1, 0.15) is 0 Å². The molecule has 6 nitrogen and oxygen atoms in total. The van der Waals surface area contributed by atoms with Crippen LogP contribution in [0.25, 0.3) is 57.5 Å². The molecule has 0 amide bonds. The maximum atomic E-state index is 5.23. The van der Waals surface area contributed by atoms with E-state index in [0.717, 1.165) is 80.2 Å². The van der Waals surface area contributed by atoms with Gasteiger partial charge in [0.05, 0.1) is 22.8 Å². The van der Waals surface area contributed by atoms with Gasteiger partial charge in [0.15, 0.2) is 0 Å². The zero-order valence-electron chi connectivity index (χ0n) is 21.4. The smallest absolute Gasteiger partial charge is 0.0737 e. The lowest BCUT2D eigenvalue weighted by atomic mass is 10.00. The van der Waals surface area contributed by atoms with Crippen LogP contribution in [0.15, 0.2) is 73.1 Å². The average molecular weight is 497 g/mol. The predicted molar refractivity (Wildman–Crippen MR) is 158 cm³/mol. The van der Waals surface area contributed by atoms with Gasteiger partial charge < -0.3 is 19.8 Å². The van der Waals surface area contributed by atoms with Gasteiger partial charge in [0.25, 0.3) is 0 Å². The van der Waals surface area contributed by atoms with Crippen molar-refractivity contribution in [1.82, 2.24) is 29.7 Å². The van der Waals surface area contributed by atoms with E-state index in [2.05, 4.69) is 131 Å². The first-order valence-corrected chi connectivity index (χ1v) is 12.9. The Morgan fingerprint density at radius 3 is 1.89 bits per heavy atom. The van der Waals surface area contributed by atoms with Crippen molar-refractivity contribution in [3.05, 3.63) is 107 Å². The first-order chi connectivity index (χ1) is 18.6. The summed E-state index contributed by atoms with van der Waals surface area (Å²) < 4.78 is 0. The van der Waals surface area contributed by atoms with Gasteiger partial charge in [-0.25, -0.2) is 9.97 Å². The molecule has 38 heavy (non-hydrogen) atoms. The molecule has 6 heteroatoms. The topological polar surface area (TPSA) is 63.8 Å². The van der Waals surface area contributed by atoms with Crippen molar-refractivity contribution in [2.75, 3.05) is 27.2 Å². The third-order valence-electron chi connectivity index (χ3n) is 7.19. The van der Waals surface area contributed by atoms with E-state index in [4.69, 9.17) is 9.97 Å². The predicted octanol–water partition coefficient (Wildman–Crippen LogP) is 6.34. The van der Waals surface area contributed by atoms with E-state index >= 15 is 0 Å². The lowest BCUT2D eigenvalue weighted by molar-refractivity contribution is 0.506. The second-order valence-corrected chi connectivity index (χ2v) is 10.0. The molecule has 0 saturated carbocycles. The van der Waals surface area contributed by atoms with Crippen LogP contribution in [-0.2, 0) is 0 Å². The van der Waals surface area contributed by atoms with Crippen LogP contribution in [0.3, 0.4) is 0 Å². The van der Waals surface area contributed by atoms with Crippen LogP contribution in [-0.4, -0.2) is 56.9 Å². The summed E-state index contributed by atoms with van der Waals surface area (Å²) >= 11 is 0. The maximum absolute atomic E-state index is 5.23. The average Bonchev–Trinajstić information content (AvgIpc) is 3.72. The van der Waals surface area contributed by atoms with Crippen LogP contribution in [0.5, 0.6) is 0 Å². The molecule has 4 aliphatic heterocycles. The molecule has 3 aromatic heterocycles. The van der Waals surface area contributed by atoms with Gasteiger partial charge in [0.2, 0.25) is 0 Å². The Morgan fingerprint density at radius 2 is 1.18 bits per heavy atom.